The number of hydrogen-bond donors (Lipinski definition) is 1. The van der Waals surface area contributed by atoms with Crippen LogP contribution in [0.4, 0.5) is 17.6 Å². The van der Waals surface area contributed by atoms with Crippen LogP contribution in [0, 0.1) is 11.7 Å². The zero-order valence-electron chi connectivity index (χ0n) is 16.6. The Labute approximate surface area is 172 Å². The summed E-state index contributed by atoms with van der Waals surface area (Å²) in [5, 5.41) is 9.77. The Bertz CT molecular complexity index is 981. The summed E-state index contributed by atoms with van der Waals surface area (Å²) in [6.45, 7) is 4.01. The summed E-state index contributed by atoms with van der Waals surface area (Å²) in [4.78, 5) is 11.9. The summed E-state index contributed by atoms with van der Waals surface area (Å²) >= 11 is 0. The van der Waals surface area contributed by atoms with E-state index in [-0.39, 0.29) is 11.5 Å². The smallest absolute Gasteiger partial charge is 0.416 e. The first-order valence-corrected chi connectivity index (χ1v) is 9.64. The van der Waals surface area contributed by atoms with Crippen LogP contribution < -0.4 is 0 Å². The average Bonchev–Trinajstić information content (AvgIpc) is 2.68. The molecule has 0 aromatic heterocycles. The standard InChI is InChI=1S/C24H22F4O2/c1-14(2)19-11-12-20(23(29)30)22(16-5-9-18(25)10-6-16)21(19)13-15-3-7-17(8-4-15)24(26,27)28/h3-10,12,14,22H,11,13H2,1-2H3,(H,29,30). The van der Waals surface area contributed by atoms with Crippen molar-refractivity contribution in [1.82, 2.24) is 0 Å². The van der Waals surface area contributed by atoms with E-state index in [2.05, 4.69) is 0 Å². The molecule has 0 fully saturated rings. The van der Waals surface area contributed by atoms with Crippen molar-refractivity contribution in [3.05, 3.63) is 93.8 Å². The number of carboxylic acids is 1. The molecular formula is C24H22F4O2. The molecule has 3 rings (SSSR count). The lowest BCUT2D eigenvalue weighted by atomic mass is 9.73. The molecule has 0 amide bonds. The molecule has 2 nitrogen and oxygen atoms in total. The number of carbonyl (C=O) groups is 1. The van der Waals surface area contributed by atoms with Gasteiger partial charge in [-0.25, -0.2) is 9.18 Å². The van der Waals surface area contributed by atoms with E-state index in [1.54, 1.807) is 18.2 Å². The van der Waals surface area contributed by atoms with Crippen molar-refractivity contribution >= 4 is 5.97 Å². The highest BCUT2D eigenvalue weighted by Crippen LogP contribution is 2.42. The molecule has 158 valence electrons. The lowest BCUT2D eigenvalue weighted by Gasteiger charge is -2.31. The van der Waals surface area contributed by atoms with Crippen LogP contribution in [-0.4, -0.2) is 11.1 Å². The minimum absolute atomic E-state index is 0.129. The van der Waals surface area contributed by atoms with Crippen LogP contribution in [0.5, 0.6) is 0 Å². The zero-order chi connectivity index (χ0) is 22.1. The van der Waals surface area contributed by atoms with E-state index in [4.69, 9.17) is 0 Å². The molecule has 0 bridgehead atoms. The van der Waals surface area contributed by atoms with E-state index >= 15 is 0 Å². The molecule has 2 aromatic carbocycles. The molecule has 0 aliphatic heterocycles. The second-order valence-electron chi connectivity index (χ2n) is 7.73. The average molecular weight is 418 g/mol. The number of benzene rings is 2. The van der Waals surface area contributed by atoms with Crippen LogP contribution >= 0.6 is 0 Å². The van der Waals surface area contributed by atoms with E-state index in [0.717, 1.165) is 23.3 Å². The van der Waals surface area contributed by atoms with Crippen LogP contribution in [0.1, 0.15) is 42.9 Å². The van der Waals surface area contributed by atoms with E-state index in [0.29, 0.717) is 24.0 Å². The van der Waals surface area contributed by atoms with Crippen molar-refractivity contribution in [3.63, 3.8) is 0 Å². The topological polar surface area (TPSA) is 37.3 Å². The Balaban J connectivity index is 2.07. The summed E-state index contributed by atoms with van der Waals surface area (Å²) in [6, 6.07) is 10.6. The molecule has 0 spiro atoms. The third-order valence-corrected chi connectivity index (χ3v) is 5.44. The van der Waals surface area contributed by atoms with Crippen molar-refractivity contribution in [1.29, 1.82) is 0 Å². The van der Waals surface area contributed by atoms with Gasteiger partial charge in [-0.1, -0.05) is 55.3 Å². The first-order chi connectivity index (χ1) is 14.1. The van der Waals surface area contributed by atoms with Gasteiger partial charge in [-0.05, 0) is 54.2 Å². The second kappa shape index (κ2) is 8.46. The highest BCUT2D eigenvalue weighted by Gasteiger charge is 2.33. The largest absolute Gasteiger partial charge is 0.478 e. The van der Waals surface area contributed by atoms with E-state index < -0.39 is 29.4 Å². The van der Waals surface area contributed by atoms with Crippen LogP contribution in [0.2, 0.25) is 0 Å². The van der Waals surface area contributed by atoms with Crippen molar-refractivity contribution in [3.8, 4) is 0 Å². The third-order valence-electron chi connectivity index (χ3n) is 5.44. The summed E-state index contributed by atoms with van der Waals surface area (Å²) in [5.74, 6) is -1.94. The van der Waals surface area contributed by atoms with Gasteiger partial charge in [0.25, 0.3) is 0 Å². The van der Waals surface area contributed by atoms with Crippen molar-refractivity contribution < 1.29 is 27.5 Å². The SMILES string of the molecule is CC(C)C1=C(Cc2ccc(C(F)(F)F)cc2)C(c2ccc(F)cc2)C(C(=O)O)=CC1. The maximum absolute atomic E-state index is 13.5. The minimum atomic E-state index is -4.42. The molecule has 0 radical (unpaired) electrons. The lowest BCUT2D eigenvalue weighted by Crippen LogP contribution is -2.21. The Morgan fingerprint density at radius 2 is 1.67 bits per heavy atom. The molecule has 1 N–H and O–H groups in total. The Hall–Kier alpha value is -2.89. The Kier molecular flexibility index (Phi) is 6.15. The minimum Gasteiger partial charge on any atom is -0.478 e. The van der Waals surface area contributed by atoms with Gasteiger partial charge < -0.3 is 5.11 Å². The maximum Gasteiger partial charge on any atom is 0.416 e. The maximum atomic E-state index is 13.5. The number of halogens is 4. The predicted molar refractivity (Wildman–Crippen MR) is 106 cm³/mol. The molecule has 2 aromatic rings. The second-order valence-corrected chi connectivity index (χ2v) is 7.73. The lowest BCUT2D eigenvalue weighted by molar-refractivity contribution is -0.137. The summed E-state index contributed by atoms with van der Waals surface area (Å²) in [5.41, 5.74) is 2.67. The molecule has 1 aliphatic carbocycles. The molecule has 1 unspecified atom stereocenters. The molecule has 30 heavy (non-hydrogen) atoms. The first kappa shape index (κ1) is 21.8. The summed E-state index contributed by atoms with van der Waals surface area (Å²) < 4.78 is 52.1. The number of rotatable bonds is 5. The molecule has 1 atom stereocenters. The van der Waals surface area contributed by atoms with Gasteiger partial charge in [-0.15, -0.1) is 0 Å². The third kappa shape index (κ3) is 4.64. The Morgan fingerprint density at radius 1 is 1.07 bits per heavy atom. The molecular weight excluding hydrogens is 396 g/mol. The van der Waals surface area contributed by atoms with E-state index in [9.17, 15) is 27.5 Å². The fraction of sp³-hybridized carbons (Fsp3) is 0.292. The number of aliphatic carboxylic acids is 1. The first-order valence-electron chi connectivity index (χ1n) is 9.64. The van der Waals surface area contributed by atoms with Gasteiger partial charge in [0.1, 0.15) is 5.82 Å². The molecule has 1 aliphatic rings. The van der Waals surface area contributed by atoms with Crippen molar-refractivity contribution in [2.75, 3.05) is 0 Å². The van der Waals surface area contributed by atoms with Gasteiger partial charge in [-0.2, -0.15) is 13.2 Å². The van der Waals surface area contributed by atoms with Crippen molar-refractivity contribution in [2.24, 2.45) is 5.92 Å². The fourth-order valence-electron chi connectivity index (χ4n) is 3.94. The van der Waals surface area contributed by atoms with E-state index in [1.165, 1.54) is 24.3 Å². The molecule has 0 heterocycles. The normalized spacial score (nSPS) is 17.3. The van der Waals surface area contributed by atoms with Crippen molar-refractivity contribution in [2.45, 2.75) is 38.8 Å². The van der Waals surface area contributed by atoms with Crippen LogP contribution in [-0.2, 0) is 17.4 Å². The van der Waals surface area contributed by atoms with Gasteiger partial charge in [0.15, 0.2) is 0 Å². The number of alkyl halides is 3. The highest BCUT2D eigenvalue weighted by molar-refractivity contribution is 5.90. The molecule has 0 saturated heterocycles. The monoisotopic (exact) mass is 418 g/mol. The highest BCUT2D eigenvalue weighted by atomic mass is 19.4. The van der Waals surface area contributed by atoms with Gasteiger partial charge in [0.05, 0.1) is 5.56 Å². The quantitative estimate of drug-likeness (QED) is 0.442. The van der Waals surface area contributed by atoms with Crippen LogP contribution in [0.25, 0.3) is 0 Å². The molecule has 0 saturated carbocycles. The summed E-state index contributed by atoms with van der Waals surface area (Å²) in [7, 11) is 0. The number of hydrogen-bond acceptors (Lipinski definition) is 1. The molecule has 6 heteroatoms. The predicted octanol–water partition coefficient (Wildman–Crippen LogP) is 6.54. The fourth-order valence-corrected chi connectivity index (χ4v) is 3.94. The number of carboxylic acid groups (broad SMARTS) is 1. The van der Waals surface area contributed by atoms with Gasteiger partial charge in [-0.3, -0.25) is 0 Å². The van der Waals surface area contributed by atoms with Gasteiger partial charge in [0.2, 0.25) is 0 Å². The van der Waals surface area contributed by atoms with Crippen LogP contribution in [0.3, 0.4) is 0 Å². The van der Waals surface area contributed by atoms with Gasteiger partial charge in [0, 0.05) is 11.5 Å². The Morgan fingerprint density at radius 3 is 2.17 bits per heavy atom. The zero-order valence-corrected chi connectivity index (χ0v) is 16.6. The summed E-state index contributed by atoms with van der Waals surface area (Å²) in [6.07, 6.45) is -1.95. The van der Waals surface area contributed by atoms with Crippen LogP contribution in [0.15, 0.2) is 71.3 Å². The van der Waals surface area contributed by atoms with Gasteiger partial charge >= 0.3 is 12.1 Å². The van der Waals surface area contributed by atoms with E-state index in [1.807, 2.05) is 13.8 Å². The number of allylic oxidation sites excluding steroid dienone is 3.